The highest BCUT2D eigenvalue weighted by Crippen LogP contribution is 2.15. The third kappa shape index (κ3) is 2.27. The summed E-state index contributed by atoms with van der Waals surface area (Å²) in [5.41, 5.74) is 1.44. The van der Waals surface area contributed by atoms with E-state index in [-0.39, 0.29) is 10.4 Å². The summed E-state index contributed by atoms with van der Waals surface area (Å²) in [6.45, 7) is 4.18. The van der Waals surface area contributed by atoms with E-state index in [2.05, 4.69) is 9.97 Å². The molecule has 20 heavy (non-hydrogen) atoms. The van der Waals surface area contributed by atoms with Crippen LogP contribution >= 0.6 is 11.3 Å². The van der Waals surface area contributed by atoms with Gasteiger partial charge in [0.1, 0.15) is 0 Å². The summed E-state index contributed by atoms with van der Waals surface area (Å²) >= 11 is 1.19. The van der Waals surface area contributed by atoms with Gasteiger partial charge in [0, 0.05) is 42.9 Å². The van der Waals surface area contributed by atoms with Gasteiger partial charge in [-0.3, -0.25) is 19.5 Å². The van der Waals surface area contributed by atoms with Crippen LogP contribution in [0.4, 0.5) is 0 Å². The average molecular weight is 294 g/mol. The highest BCUT2D eigenvalue weighted by molar-refractivity contribution is 7.07. The summed E-state index contributed by atoms with van der Waals surface area (Å²) in [5, 5.41) is 1.84. The third-order valence-electron chi connectivity index (χ3n) is 3.51. The number of fused-ring (bicyclic) bond motifs is 1. The summed E-state index contributed by atoms with van der Waals surface area (Å²) in [5.74, 6) is 0. The predicted octanol–water partition coefficient (Wildman–Crippen LogP) is -0.389. The van der Waals surface area contributed by atoms with Crippen LogP contribution in [0.5, 0.6) is 0 Å². The topological polar surface area (TPSA) is 91.0 Å². The van der Waals surface area contributed by atoms with Crippen LogP contribution in [0, 0.1) is 6.92 Å². The average Bonchev–Trinajstić information content (AvgIpc) is 2.92. The Morgan fingerprint density at radius 1 is 1.20 bits per heavy atom. The lowest BCUT2D eigenvalue weighted by Gasteiger charge is -2.14. The second-order valence-electron chi connectivity index (χ2n) is 4.87. The van der Waals surface area contributed by atoms with Crippen LogP contribution in [0.2, 0.25) is 0 Å². The molecule has 0 amide bonds. The minimum absolute atomic E-state index is 0.0328. The largest absolute Gasteiger partial charge is 0.325 e. The Balaban J connectivity index is 1.74. The number of aromatic nitrogens is 3. The van der Waals surface area contributed by atoms with Crippen LogP contribution < -0.4 is 16.1 Å². The quantitative estimate of drug-likeness (QED) is 0.806. The summed E-state index contributed by atoms with van der Waals surface area (Å²) in [4.78, 5) is 41.5. The predicted molar refractivity (Wildman–Crippen MR) is 75.1 cm³/mol. The number of aromatic amines is 2. The Morgan fingerprint density at radius 2 is 2.00 bits per heavy atom. The molecule has 0 radical (unpaired) electrons. The van der Waals surface area contributed by atoms with E-state index < -0.39 is 5.69 Å². The van der Waals surface area contributed by atoms with E-state index in [0.717, 1.165) is 5.69 Å². The molecule has 0 unspecified atom stereocenters. The van der Waals surface area contributed by atoms with Crippen molar-refractivity contribution >= 4 is 11.3 Å². The molecule has 2 N–H and O–H groups in total. The zero-order chi connectivity index (χ0) is 14.3. The van der Waals surface area contributed by atoms with Crippen LogP contribution in [-0.4, -0.2) is 26.0 Å². The zero-order valence-electron chi connectivity index (χ0n) is 10.9. The molecule has 7 nitrogen and oxygen atoms in total. The number of H-pyrrole nitrogens is 2. The molecule has 0 saturated carbocycles. The molecule has 1 aliphatic heterocycles. The van der Waals surface area contributed by atoms with E-state index in [1.54, 1.807) is 4.57 Å². The van der Waals surface area contributed by atoms with Crippen molar-refractivity contribution < 1.29 is 0 Å². The molecule has 3 heterocycles. The highest BCUT2D eigenvalue weighted by Gasteiger charge is 2.22. The van der Waals surface area contributed by atoms with Gasteiger partial charge in [-0.15, -0.1) is 0 Å². The zero-order valence-corrected chi connectivity index (χ0v) is 11.7. The molecule has 0 aliphatic carbocycles. The second kappa shape index (κ2) is 4.88. The molecule has 2 aromatic heterocycles. The van der Waals surface area contributed by atoms with E-state index in [9.17, 15) is 14.4 Å². The monoisotopic (exact) mass is 294 g/mol. The van der Waals surface area contributed by atoms with Crippen molar-refractivity contribution in [3.63, 3.8) is 0 Å². The van der Waals surface area contributed by atoms with Gasteiger partial charge < -0.3 is 9.55 Å². The van der Waals surface area contributed by atoms with Gasteiger partial charge in [0.2, 0.25) is 0 Å². The van der Waals surface area contributed by atoms with Crippen LogP contribution in [-0.2, 0) is 19.6 Å². The fourth-order valence-corrected chi connectivity index (χ4v) is 3.20. The van der Waals surface area contributed by atoms with Crippen LogP contribution in [0.25, 0.3) is 0 Å². The van der Waals surface area contributed by atoms with Crippen molar-refractivity contribution in [2.45, 2.75) is 26.6 Å². The molecule has 0 spiro atoms. The van der Waals surface area contributed by atoms with Gasteiger partial charge in [0.25, 0.3) is 5.56 Å². The molecular formula is C12H14N4O3S. The standard InChI is InChI=1S/C12H14N4O3S/c1-7-6-20-12(19)16(7)3-2-15-4-8-9(5-15)13-11(18)14-10(8)17/h6H,2-5H2,1H3,(H2,13,14,17,18). The molecule has 1 aliphatic rings. The van der Waals surface area contributed by atoms with Gasteiger partial charge in [-0.1, -0.05) is 11.3 Å². The van der Waals surface area contributed by atoms with Crippen molar-refractivity contribution in [1.82, 2.24) is 19.4 Å². The van der Waals surface area contributed by atoms with E-state index in [4.69, 9.17) is 0 Å². The van der Waals surface area contributed by atoms with Crippen LogP contribution in [0.3, 0.4) is 0 Å². The molecule has 0 fully saturated rings. The Morgan fingerprint density at radius 3 is 2.70 bits per heavy atom. The molecule has 0 aromatic carbocycles. The smallest absolute Gasteiger partial charge is 0.310 e. The van der Waals surface area contributed by atoms with Crippen molar-refractivity contribution in [2.24, 2.45) is 0 Å². The molecule has 0 atom stereocenters. The third-order valence-corrected chi connectivity index (χ3v) is 4.39. The van der Waals surface area contributed by atoms with Gasteiger partial charge in [0.15, 0.2) is 0 Å². The summed E-state index contributed by atoms with van der Waals surface area (Å²) in [6.07, 6.45) is 0. The fourth-order valence-electron chi connectivity index (χ4n) is 2.44. The normalized spacial score (nSPS) is 14.7. The van der Waals surface area contributed by atoms with E-state index in [0.29, 0.717) is 37.4 Å². The first-order valence-electron chi connectivity index (χ1n) is 6.26. The number of hydrogen-bond acceptors (Lipinski definition) is 5. The fraction of sp³-hybridized carbons (Fsp3) is 0.417. The molecule has 2 aromatic rings. The number of nitrogens with zero attached hydrogens (tertiary/aromatic N) is 2. The molecule has 0 saturated heterocycles. The van der Waals surface area contributed by atoms with Crippen molar-refractivity contribution in [1.29, 1.82) is 0 Å². The lowest BCUT2D eigenvalue weighted by Crippen LogP contribution is -2.27. The van der Waals surface area contributed by atoms with E-state index in [1.807, 2.05) is 17.2 Å². The van der Waals surface area contributed by atoms with Crippen molar-refractivity contribution in [3.05, 3.63) is 52.8 Å². The maximum absolute atomic E-state index is 11.7. The molecule has 3 rings (SSSR count). The summed E-state index contributed by atoms with van der Waals surface area (Å²) in [7, 11) is 0. The highest BCUT2D eigenvalue weighted by atomic mass is 32.1. The summed E-state index contributed by atoms with van der Waals surface area (Å²) in [6, 6.07) is 0. The van der Waals surface area contributed by atoms with Gasteiger partial charge in [0.05, 0.1) is 5.56 Å². The maximum atomic E-state index is 11.7. The Labute approximate surface area is 117 Å². The van der Waals surface area contributed by atoms with Gasteiger partial charge >= 0.3 is 10.6 Å². The molecule has 106 valence electrons. The molecular weight excluding hydrogens is 280 g/mol. The minimum Gasteiger partial charge on any atom is -0.310 e. The van der Waals surface area contributed by atoms with E-state index >= 15 is 0 Å². The van der Waals surface area contributed by atoms with E-state index in [1.165, 1.54) is 11.3 Å². The van der Waals surface area contributed by atoms with Gasteiger partial charge in [-0.25, -0.2) is 4.79 Å². The Hall–Kier alpha value is -1.93. The van der Waals surface area contributed by atoms with Crippen molar-refractivity contribution in [2.75, 3.05) is 6.54 Å². The first-order chi connectivity index (χ1) is 9.54. The first-order valence-corrected chi connectivity index (χ1v) is 7.14. The Bertz CT molecular complexity index is 813. The number of nitrogens with one attached hydrogen (secondary N) is 2. The van der Waals surface area contributed by atoms with Gasteiger partial charge in [-0.05, 0) is 6.92 Å². The molecule has 0 bridgehead atoms. The SMILES string of the molecule is Cc1csc(=O)n1CCN1Cc2[nH]c(=O)[nH]c(=O)c2C1. The lowest BCUT2D eigenvalue weighted by atomic mass is 10.3. The first kappa shape index (κ1) is 13.1. The molecule has 8 heteroatoms. The van der Waals surface area contributed by atoms with Gasteiger partial charge in [-0.2, -0.15) is 0 Å². The van der Waals surface area contributed by atoms with Crippen molar-refractivity contribution in [3.8, 4) is 0 Å². The lowest BCUT2D eigenvalue weighted by molar-refractivity contribution is 0.268. The number of thiazole rings is 1. The Kier molecular flexibility index (Phi) is 3.19. The second-order valence-corrected chi connectivity index (χ2v) is 5.69. The number of rotatable bonds is 3. The minimum atomic E-state index is -0.472. The summed E-state index contributed by atoms with van der Waals surface area (Å²) < 4.78 is 1.72. The number of aryl methyl sites for hydroxylation is 1. The number of hydrogen-bond donors (Lipinski definition) is 2. The maximum Gasteiger partial charge on any atom is 0.325 e. The van der Waals surface area contributed by atoms with Crippen LogP contribution in [0.15, 0.2) is 19.8 Å². The van der Waals surface area contributed by atoms with Crippen LogP contribution in [0.1, 0.15) is 17.0 Å².